The van der Waals surface area contributed by atoms with Gasteiger partial charge in [-0.05, 0) is 18.8 Å². The van der Waals surface area contributed by atoms with Crippen LogP contribution in [0.1, 0.15) is 57.6 Å². The number of allylic oxidation sites excluding steroid dienone is 1. The van der Waals surface area contributed by atoms with E-state index in [0.717, 1.165) is 12.8 Å². The van der Waals surface area contributed by atoms with Gasteiger partial charge in [0.15, 0.2) is 5.13 Å². The normalized spacial score (nSPS) is 17.2. The summed E-state index contributed by atoms with van der Waals surface area (Å²) in [7, 11) is 1.38. The zero-order chi connectivity index (χ0) is 16.7. The fourth-order valence-electron chi connectivity index (χ4n) is 2.86. The molecule has 2 rings (SSSR count). The van der Waals surface area contributed by atoms with Crippen LogP contribution in [0.2, 0.25) is 0 Å². The van der Waals surface area contributed by atoms with Crippen molar-refractivity contribution in [2.24, 2.45) is 5.92 Å². The fourth-order valence-corrected chi connectivity index (χ4v) is 3.62. The van der Waals surface area contributed by atoms with Crippen LogP contribution >= 0.6 is 11.3 Å². The number of carbonyl (C=O) groups excluding carboxylic acids is 2. The van der Waals surface area contributed by atoms with Gasteiger partial charge < -0.3 is 10.1 Å². The molecule has 0 atom stereocenters. The largest absolute Gasteiger partial charge is 0.465 e. The predicted molar refractivity (Wildman–Crippen MR) is 92.2 cm³/mol. The number of hydrogen-bond acceptors (Lipinski definition) is 5. The lowest BCUT2D eigenvalue weighted by Gasteiger charge is -2.17. The van der Waals surface area contributed by atoms with Gasteiger partial charge in [0.2, 0.25) is 5.91 Å². The predicted octanol–water partition coefficient (Wildman–Crippen LogP) is 4.02. The highest BCUT2D eigenvalue weighted by Gasteiger charge is 2.19. The number of ether oxygens (including phenoxy) is 1. The van der Waals surface area contributed by atoms with Crippen LogP contribution < -0.4 is 5.32 Å². The van der Waals surface area contributed by atoms with E-state index in [0.29, 0.717) is 22.3 Å². The van der Waals surface area contributed by atoms with Crippen LogP contribution in [-0.2, 0) is 14.3 Å². The zero-order valence-electron chi connectivity index (χ0n) is 13.8. The van der Waals surface area contributed by atoms with E-state index in [2.05, 4.69) is 10.3 Å². The third kappa shape index (κ3) is 5.46. The summed E-state index contributed by atoms with van der Waals surface area (Å²) in [6, 6.07) is 0. The van der Waals surface area contributed by atoms with Crippen molar-refractivity contribution in [2.45, 2.75) is 51.9 Å². The van der Waals surface area contributed by atoms with E-state index in [1.165, 1.54) is 57.5 Å². The minimum Gasteiger partial charge on any atom is -0.465 e. The maximum atomic E-state index is 12.2. The molecule has 0 spiro atoms. The van der Waals surface area contributed by atoms with Gasteiger partial charge in [0.1, 0.15) is 0 Å². The molecule has 6 heteroatoms. The van der Waals surface area contributed by atoms with Crippen molar-refractivity contribution >= 4 is 33.9 Å². The molecular weight excluding hydrogens is 312 g/mol. The van der Waals surface area contributed by atoms with Gasteiger partial charge in [-0.25, -0.2) is 9.78 Å². The average molecular weight is 336 g/mol. The van der Waals surface area contributed by atoms with Gasteiger partial charge in [0.05, 0.1) is 18.4 Å². The van der Waals surface area contributed by atoms with Crippen LogP contribution in [0.15, 0.2) is 11.5 Å². The maximum Gasteiger partial charge on any atom is 0.339 e. The van der Waals surface area contributed by atoms with Crippen LogP contribution in [0, 0.1) is 5.92 Å². The molecule has 1 heterocycles. The topological polar surface area (TPSA) is 68.3 Å². The summed E-state index contributed by atoms with van der Waals surface area (Å²) in [6.45, 7) is 1.44. The van der Waals surface area contributed by atoms with E-state index < -0.39 is 0 Å². The molecule has 0 aliphatic heterocycles. The Hall–Kier alpha value is -1.69. The minimum atomic E-state index is -0.369. The molecule has 1 aliphatic rings. The molecule has 5 nitrogen and oxygen atoms in total. The highest BCUT2D eigenvalue weighted by atomic mass is 32.1. The van der Waals surface area contributed by atoms with Crippen molar-refractivity contribution in [1.82, 2.24) is 4.98 Å². The standard InChI is InChI=1S/C17H24N2O3S/c1-12(20)18-17-19-15(11-23-17)14(16(21)22-2)10-13-8-6-4-3-5-7-9-13/h10-11,13H,3-9H2,1-2H3,(H,18,19,20)/b14-10+. The summed E-state index contributed by atoms with van der Waals surface area (Å²) in [4.78, 5) is 27.6. The molecule has 1 saturated carbocycles. The Kier molecular flexibility index (Phi) is 6.77. The molecule has 0 bridgehead atoms. The number of carbonyl (C=O) groups is 2. The second kappa shape index (κ2) is 8.82. The number of amides is 1. The second-order valence-electron chi connectivity index (χ2n) is 5.90. The Morgan fingerprint density at radius 2 is 1.91 bits per heavy atom. The molecule has 1 N–H and O–H groups in total. The van der Waals surface area contributed by atoms with Gasteiger partial charge in [0.25, 0.3) is 0 Å². The van der Waals surface area contributed by atoms with Crippen molar-refractivity contribution in [3.8, 4) is 0 Å². The lowest BCUT2D eigenvalue weighted by molar-refractivity contribution is -0.133. The van der Waals surface area contributed by atoms with E-state index >= 15 is 0 Å². The summed E-state index contributed by atoms with van der Waals surface area (Å²) in [5.41, 5.74) is 1.08. The lowest BCUT2D eigenvalue weighted by atomic mass is 9.89. The van der Waals surface area contributed by atoms with Crippen LogP contribution in [0.25, 0.3) is 5.57 Å². The van der Waals surface area contributed by atoms with Gasteiger partial charge in [0, 0.05) is 12.3 Å². The molecule has 1 aliphatic carbocycles. The summed E-state index contributed by atoms with van der Waals surface area (Å²) >= 11 is 1.31. The van der Waals surface area contributed by atoms with Crippen LogP contribution in [0.4, 0.5) is 5.13 Å². The first-order valence-corrected chi connectivity index (χ1v) is 9.01. The molecule has 0 aromatic carbocycles. The third-order valence-corrected chi connectivity index (χ3v) is 4.78. The molecule has 1 aromatic rings. The highest BCUT2D eigenvalue weighted by molar-refractivity contribution is 7.14. The summed E-state index contributed by atoms with van der Waals surface area (Å²) in [5.74, 6) is -0.156. The Balaban J connectivity index is 2.21. The maximum absolute atomic E-state index is 12.2. The first-order chi connectivity index (χ1) is 11.1. The number of rotatable bonds is 4. The van der Waals surface area contributed by atoms with E-state index in [1.807, 2.05) is 6.08 Å². The third-order valence-electron chi connectivity index (χ3n) is 4.02. The fraction of sp³-hybridized carbons (Fsp3) is 0.588. The van der Waals surface area contributed by atoms with Crippen molar-refractivity contribution < 1.29 is 14.3 Å². The van der Waals surface area contributed by atoms with Gasteiger partial charge in [-0.15, -0.1) is 11.3 Å². The number of nitrogens with zero attached hydrogens (tertiary/aromatic N) is 1. The number of methoxy groups -OCH3 is 1. The lowest BCUT2D eigenvalue weighted by Crippen LogP contribution is -2.09. The molecule has 0 saturated heterocycles. The number of nitrogens with one attached hydrogen (secondary N) is 1. The average Bonchev–Trinajstić information content (AvgIpc) is 2.93. The first kappa shape index (κ1) is 17.7. The van der Waals surface area contributed by atoms with Crippen LogP contribution in [0.3, 0.4) is 0 Å². The Bertz CT molecular complexity index is 572. The molecular formula is C17H24N2O3S. The molecule has 0 radical (unpaired) electrons. The van der Waals surface area contributed by atoms with Crippen LogP contribution in [-0.4, -0.2) is 24.0 Å². The summed E-state index contributed by atoms with van der Waals surface area (Å²) < 4.78 is 4.92. The SMILES string of the molecule is COC(=O)/C(=C/C1CCCCCCC1)c1csc(NC(C)=O)n1. The Morgan fingerprint density at radius 3 is 2.52 bits per heavy atom. The van der Waals surface area contributed by atoms with Crippen molar-refractivity contribution in [3.05, 3.63) is 17.2 Å². The molecule has 1 amide bonds. The first-order valence-electron chi connectivity index (χ1n) is 8.13. The zero-order valence-corrected chi connectivity index (χ0v) is 14.6. The van der Waals surface area contributed by atoms with Gasteiger partial charge in [-0.2, -0.15) is 0 Å². The van der Waals surface area contributed by atoms with Gasteiger partial charge in [-0.3, -0.25) is 4.79 Å². The number of esters is 1. The Morgan fingerprint density at radius 1 is 1.26 bits per heavy atom. The molecule has 0 unspecified atom stereocenters. The van der Waals surface area contributed by atoms with E-state index in [1.54, 1.807) is 5.38 Å². The minimum absolute atomic E-state index is 0.172. The molecule has 126 valence electrons. The molecule has 1 aromatic heterocycles. The van der Waals surface area contributed by atoms with E-state index in [-0.39, 0.29) is 11.9 Å². The number of aromatic nitrogens is 1. The van der Waals surface area contributed by atoms with Crippen molar-refractivity contribution in [2.75, 3.05) is 12.4 Å². The number of hydrogen-bond donors (Lipinski definition) is 1. The number of thiazole rings is 1. The van der Waals surface area contributed by atoms with Crippen molar-refractivity contribution in [3.63, 3.8) is 0 Å². The highest BCUT2D eigenvalue weighted by Crippen LogP contribution is 2.29. The Labute approximate surface area is 141 Å². The van der Waals surface area contributed by atoms with E-state index in [9.17, 15) is 9.59 Å². The smallest absolute Gasteiger partial charge is 0.339 e. The van der Waals surface area contributed by atoms with E-state index in [4.69, 9.17) is 4.74 Å². The van der Waals surface area contributed by atoms with Crippen LogP contribution in [0.5, 0.6) is 0 Å². The summed E-state index contributed by atoms with van der Waals surface area (Å²) in [5, 5.41) is 4.94. The van der Waals surface area contributed by atoms with Gasteiger partial charge >= 0.3 is 5.97 Å². The van der Waals surface area contributed by atoms with Gasteiger partial charge in [-0.1, -0.05) is 38.2 Å². The van der Waals surface area contributed by atoms with Crippen molar-refractivity contribution in [1.29, 1.82) is 0 Å². The molecule has 23 heavy (non-hydrogen) atoms. The second-order valence-corrected chi connectivity index (χ2v) is 6.75. The quantitative estimate of drug-likeness (QED) is 0.666. The number of anilines is 1. The monoisotopic (exact) mass is 336 g/mol. The molecule has 1 fully saturated rings. The summed E-state index contributed by atoms with van der Waals surface area (Å²) in [6.07, 6.45) is 10.5.